The van der Waals surface area contributed by atoms with Crippen molar-refractivity contribution in [3.05, 3.63) is 0 Å². The van der Waals surface area contributed by atoms with Crippen molar-refractivity contribution < 1.29 is 14.3 Å². The van der Waals surface area contributed by atoms with Crippen molar-refractivity contribution in [3.8, 4) is 12.3 Å². The molecule has 0 radical (unpaired) electrons. The van der Waals surface area contributed by atoms with E-state index in [1.165, 1.54) is 0 Å². The van der Waals surface area contributed by atoms with E-state index in [9.17, 15) is 9.59 Å². The summed E-state index contributed by atoms with van der Waals surface area (Å²) in [6.07, 6.45) is 5.91. The van der Waals surface area contributed by atoms with E-state index in [0.29, 0.717) is 32.7 Å². The van der Waals surface area contributed by atoms with Crippen LogP contribution < -0.4 is 10.6 Å². The van der Waals surface area contributed by atoms with Gasteiger partial charge in [-0.3, -0.25) is 4.79 Å². The number of carbonyl (C=O) groups excluding carboxylic acids is 2. The molecule has 0 aromatic heterocycles. The van der Waals surface area contributed by atoms with Crippen LogP contribution in [0, 0.1) is 18.3 Å². The second kappa shape index (κ2) is 8.53. The first-order chi connectivity index (χ1) is 9.99. The van der Waals surface area contributed by atoms with E-state index in [1.807, 2.05) is 20.8 Å². The minimum atomic E-state index is -0.534. The molecule has 0 aromatic carbocycles. The zero-order valence-corrected chi connectivity index (χ0v) is 13.0. The van der Waals surface area contributed by atoms with E-state index in [1.54, 1.807) is 4.90 Å². The summed E-state index contributed by atoms with van der Waals surface area (Å²) in [6, 6.07) is -1.28. The van der Waals surface area contributed by atoms with Crippen molar-refractivity contribution in [3.63, 3.8) is 0 Å². The SMILES string of the molecule is C#C[C@@H](NC(=O)N[C@@H](CC)C(=O)N1CCOCC1)C(C)C. The molecule has 1 heterocycles. The van der Waals surface area contributed by atoms with Gasteiger partial charge in [0.05, 0.1) is 19.3 Å². The van der Waals surface area contributed by atoms with E-state index in [4.69, 9.17) is 11.2 Å². The Morgan fingerprint density at radius 3 is 2.38 bits per heavy atom. The zero-order valence-electron chi connectivity index (χ0n) is 13.0. The number of morpholine rings is 1. The molecule has 1 fully saturated rings. The van der Waals surface area contributed by atoms with Crippen LogP contribution in [0.4, 0.5) is 4.79 Å². The van der Waals surface area contributed by atoms with Gasteiger partial charge in [-0.05, 0) is 12.3 Å². The number of terminal acetylenes is 1. The van der Waals surface area contributed by atoms with Crippen LogP contribution in [0.2, 0.25) is 0 Å². The molecule has 1 aliphatic rings. The first-order valence-corrected chi connectivity index (χ1v) is 7.39. The second-order valence-electron chi connectivity index (χ2n) is 5.40. The summed E-state index contributed by atoms with van der Waals surface area (Å²) in [6.45, 7) is 7.95. The highest BCUT2D eigenvalue weighted by Gasteiger charge is 2.26. The highest BCUT2D eigenvalue weighted by atomic mass is 16.5. The fourth-order valence-corrected chi connectivity index (χ4v) is 2.08. The maximum absolute atomic E-state index is 12.3. The third-order valence-electron chi connectivity index (χ3n) is 3.47. The molecule has 0 saturated carbocycles. The Kier molecular flexibility index (Phi) is 7.03. The largest absolute Gasteiger partial charge is 0.378 e. The fourth-order valence-electron chi connectivity index (χ4n) is 2.08. The van der Waals surface area contributed by atoms with Gasteiger partial charge in [0, 0.05) is 13.1 Å². The highest BCUT2D eigenvalue weighted by molar-refractivity contribution is 5.87. The van der Waals surface area contributed by atoms with Gasteiger partial charge < -0.3 is 20.3 Å². The van der Waals surface area contributed by atoms with Crippen LogP contribution in [0.15, 0.2) is 0 Å². The molecule has 0 aliphatic carbocycles. The molecule has 21 heavy (non-hydrogen) atoms. The molecular weight excluding hydrogens is 270 g/mol. The predicted molar refractivity (Wildman–Crippen MR) is 80.6 cm³/mol. The van der Waals surface area contributed by atoms with Crippen LogP contribution in [-0.4, -0.2) is 55.2 Å². The van der Waals surface area contributed by atoms with Crippen molar-refractivity contribution in [2.45, 2.75) is 39.3 Å². The molecule has 3 amide bonds. The number of hydrogen-bond acceptors (Lipinski definition) is 3. The first kappa shape index (κ1) is 17.3. The summed E-state index contributed by atoms with van der Waals surface area (Å²) in [5.74, 6) is 2.60. The normalized spacial score (nSPS) is 17.8. The fraction of sp³-hybridized carbons (Fsp3) is 0.733. The summed E-state index contributed by atoms with van der Waals surface area (Å²) in [7, 11) is 0. The summed E-state index contributed by atoms with van der Waals surface area (Å²) in [5.41, 5.74) is 0. The lowest BCUT2D eigenvalue weighted by molar-refractivity contribution is -0.137. The first-order valence-electron chi connectivity index (χ1n) is 7.39. The van der Waals surface area contributed by atoms with Crippen molar-refractivity contribution in [1.29, 1.82) is 0 Å². The summed E-state index contributed by atoms with van der Waals surface area (Å²) < 4.78 is 5.22. The van der Waals surface area contributed by atoms with Crippen LogP contribution >= 0.6 is 0 Å². The van der Waals surface area contributed by atoms with Gasteiger partial charge in [0.15, 0.2) is 0 Å². The molecular formula is C15H25N3O3. The Labute approximate surface area is 126 Å². The topological polar surface area (TPSA) is 70.7 Å². The lowest BCUT2D eigenvalue weighted by Gasteiger charge is -2.30. The molecule has 1 aliphatic heterocycles. The molecule has 6 heteroatoms. The second-order valence-corrected chi connectivity index (χ2v) is 5.40. The molecule has 6 nitrogen and oxygen atoms in total. The van der Waals surface area contributed by atoms with Gasteiger partial charge in [-0.25, -0.2) is 4.79 Å². The summed E-state index contributed by atoms with van der Waals surface area (Å²) in [5, 5.41) is 5.41. The molecule has 1 saturated heterocycles. The van der Waals surface area contributed by atoms with Gasteiger partial charge in [0.25, 0.3) is 0 Å². The summed E-state index contributed by atoms with van der Waals surface area (Å²) >= 11 is 0. The monoisotopic (exact) mass is 295 g/mol. The third-order valence-corrected chi connectivity index (χ3v) is 3.47. The van der Waals surface area contributed by atoms with Gasteiger partial charge in [-0.1, -0.05) is 26.7 Å². The summed E-state index contributed by atoms with van der Waals surface area (Å²) in [4.78, 5) is 26.0. The van der Waals surface area contributed by atoms with Gasteiger partial charge in [-0.15, -0.1) is 6.42 Å². The predicted octanol–water partition coefficient (Wildman–Crippen LogP) is 0.581. The minimum Gasteiger partial charge on any atom is -0.378 e. The van der Waals surface area contributed by atoms with Crippen LogP contribution in [0.25, 0.3) is 0 Å². The van der Waals surface area contributed by atoms with Crippen molar-refractivity contribution in [1.82, 2.24) is 15.5 Å². The van der Waals surface area contributed by atoms with E-state index in [-0.39, 0.29) is 17.9 Å². The quantitative estimate of drug-likeness (QED) is 0.729. The van der Waals surface area contributed by atoms with Crippen LogP contribution in [0.5, 0.6) is 0 Å². The van der Waals surface area contributed by atoms with E-state index < -0.39 is 12.1 Å². The number of nitrogens with zero attached hydrogens (tertiary/aromatic N) is 1. The van der Waals surface area contributed by atoms with Crippen LogP contribution in [0.1, 0.15) is 27.2 Å². The molecule has 0 aromatic rings. The maximum Gasteiger partial charge on any atom is 0.316 e. The number of carbonyl (C=O) groups is 2. The third kappa shape index (κ3) is 5.27. The Hall–Kier alpha value is -1.74. The number of nitrogens with one attached hydrogen (secondary N) is 2. The van der Waals surface area contributed by atoms with E-state index >= 15 is 0 Å². The lowest BCUT2D eigenvalue weighted by Crippen LogP contribution is -2.54. The van der Waals surface area contributed by atoms with Crippen molar-refractivity contribution >= 4 is 11.9 Å². The maximum atomic E-state index is 12.3. The number of urea groups is 1. The number of amides is 3. The number of ether oxygens (including phenoxy) is 1. The van der Waals surface area contributed by atoms with Crippen molar-refractivity contribution in [2.75, 3.05) is 26.3 Å². The molecule has 0 bridgehead atoms. The molecule has 0 unspecified atom stereocenters. The average molecular weight is 295 g/mol. The average Bonchev–Trinajstić information content (AvgIpc) is 2.50. The molecule has 0 spiro atoms. The Balaban J connectivity index is 2.54. The lowest BCUT2D eigenvalue weighted by atomic mass is 10.1. The molecule has 118 valence electrons. The smallest absolute Gasteiger partial charge is 0.316 e. The number of rotatable bonds is 5. The van der Waals surface area contributed by atoms with Gasteiger partial charge in [0.1, 0.15) is 6.04 Å². The van der Waals surface area contributed by atoms with Crippen LogP contribution in [0.3, 0.4) is 0 Å². The highest BCUT2D eigenvalue weighted by Crippen LogP contribution is 2.04. The van der Waals surface area contributed by atoms with Crippen molar-refractivity contribution in [2.24, 2.45) is 5.92 Å². The van der Waals surface area contributed by atoms with E-state index in [2.05, 4.69) is 16.6 Å². The molecule has 1 rings (SSSR count). The zero-order chi connectivity index (χ0) is 15.8. The van der Waals surface area contributed by atoms with E-state index in [0.717, 1.165) is 0 Å². The Morgan fingerprint density at radius 1 is 1.29 bits per heavy atom. The standard InChI is InChI=1S/C15H25N3O3/c1-5-12(11(3)4)16-15(20)17-13(6-2)14(19)18-7-9-21-10-8-18/h1,11-13H,6-10H2,2-4H3,(H2,16,17,20)/t12-,13+/m1/s1. The minimum absolute atomic E-state index is 0.0715. The van der Waals surface area contributed by atoms with Crippen LogP contribution in [-0.2, 0) is 9.53 Å². The molecule has 2 atom stereocenters. The van der Waals surface area contributed by atoms with Gasteiger partial charge in [-0.2, -0.15) is 0 Å². The molecule has 2 N–H and O–H groups in total. The Morgan fingerprint density at radius 2 is 1.90 bits per heavy atom. The van der Waals surface area contributed by atoms with Gasteiger partial charge in [0.2, 0.25) is 5.91 Å². The van der Waals surface area contributed by atoms with Gasteiger partial charge >= 0.3 is 6.03 Å². The number of hydrogen-bond donors (Lipinski definition) is 2. The Bertz CT molecular complexity index is 397.